The van der Waals surface area contributed by atoms with Crippen molar-refractivity contribution in [2.45, 2.75) is 6.54 Å². The van der Waals surface area contributed by atoms with Gasteiger partial charge in [-0.05, 0) is 19.2 Å². The monoisotopic (exact) mass is 263 g/mol. The molecule has 0 fully saturated rings. The molecule has 1 rings (SSSR count). The first-order valence-electron chi connectivity index (χ1n) is 3.85. The Morgan fingerprint density at radius 2 is 2.23 bits per heavy atom. The third-order valence-corrected chi connectivity index (χ3v) is 2.40. The van der Waals surface area contributed by atoms with Gasteiger partial charge in [0.15, 0.2) is 0 Å². The molecule has 2 nitrogen and oxygen atoms in total. The van der Waals surface area contributed by atoms with Gasteiger partial charge in [-0.1, -0.05) is 27.5 Å². The average molecular weight is 265 g/mol. The second-order valence-electron chi connectivity index (χ2n) is 2.61. The maximum absolute atomic E-state index is 5.99. The van der Waals surface area contributed by atoms with E-state index in [4.69, 9.17) is 16.3 Å². The summed E-state index contributed by atoms with van der Waals surface area (Å²) < 4.78 is 6.15. The zero-order valence-electron chi connectivity index (χ0n) is 7.53. The van der Waals surface area contributed by atoms with Gasteiger partial charge in [-0.2, -0.15) is 0 Å². The number of nitrogens with one attached hydrogen (secondary N) is 1. The molecule has 4 heteroatoms. The van der Waals surface area contributed by atoms with Crippen LogP contribution in [0.1, 0.15) is 5.56 Å². The van der Waals surface area contributed by atoms with Crippen LogP contribution in [-0.2, 0) is 6.54 Å². The molecule has 0 radical (unpaired) electrons. The second-order valence-corrected chi connectivity index (χ2v) is 3.93. The molecule has 0 bridgehead atoms. The smallest absolute Gasteiger partial charge is 0.142 e. The van der Waals surface area contributed by atoms with Crippen LogP contribution in [0.2, 0.25) is 5.02 Å². The molecule has 13 heavy (non-hydrogen) atoms. The highest BCUT2D eigenvalue weighted by Gasteiger charge is 2.08. The van der Waals surface area contributed by atoms with Crippen LogP contribution in [0.15, 0.2) is 16.6 Å². The Hall–Kier alpha value is -0.250. The van der Waals surface area contributed by atoms with Gasteiger partial charge in [0.1, 0.15) is 5.75 Å². The molecule has 0 atom stereocenters. The number of methoxy groups -OCH3 is 1. The van der Waals surface area contributed by atoms with Gasteiger partial charge in [0.2, 0.25) is 0 Å². The third-order valence-electron chi connectivity index (χ3n) is 1.66. The Balaban J connectivity index is 3.13. The number of hydrogen-bond acceptors (Lipinski definition) is 2. The predicted molar refractivity (Wildman–Crippen MR) is 58.5 cm³/mol. The highest BCUT2D eigenvalue weighted by Crippen LogP contribution is 2.32. The minimum atomic E-state index is 0.627. The van der Waals surface area contributed by atoms with Crippen molar-refractivity contribution in [1.29, 1.82) is 0 Å². The summed E-state index contributed by atoms with van der Waals surface area (Å²) in [5.41, 5.74) is 1.05. The lowest BCUT2D eigenvalue weighted by Crippen LogP contribution is -2.06. The minimum absolute atomic E-state index is 0.627. The van der Waals surface area contributed by atoms with Crippen molar-refractivity contribution in [3.05, 3.63) is 27.2 Å². The first-order chi connectivity index (χ1) is 6.19. The summed E-state index contributed by atoms with van der Waals surface area (Å²) >= 11 is 9.37. The van der Waals surface area contributed by atoms with E-state index in [0.717, 1.165) is 22.3 Å². The summed E-state index contributed by atoms with van der Waals surface area (Å²) in [6.45, 7) is 0.738. The van der Waals surface area contributed by atoms with E-state index in [-0.39, 0.29) is 0 Å². The van der Waals surface area contributed by atoms with Crippen molar-refractivity contribution in [3.8, 4) is 5.75 Å². The summed E-state index contributed by atoms with van der Waals surface area (Å²) in [6.07, 6.45) is 0. The van der Waals surface area contributed by atoms with Crippen molar-refractivity contribution in [2.75, 3.05) is 14.2 Å². The molecule has 0 saturated carbocycles. The van der Waals surface area contributed by atoms with E-state index in [9.17, 15) is 0 Å². The van der Waals surface area contributed by atoms with Gasteiger partial charge in [0, 0.05) is 16.6 Å². The SMILES string of the molecule is CNCc1cc(Br)cc(Cl)c1OC. The topological polar surface area (TPSA) is 21.3 Å². The van der Waals surface area contributed by atoms with Gasteiger partial charge >= 0.3 is 0 Å². The van der Waals surface area contributed by atoms with Crippen molar-refractivity contribution in [1.82, 2.24) is 5.32 Å². The van der Waals surface area contributed by atoms with E-state index in [1.165, 1.54) is 0 Å². The Kier molecular flexibility index (Phi) is 4.03. The Morgan fingerprint density at radius 3 is 2.77 bits per heavy atom. The Bertz CT molecular complexity index is 304. The van der Waals surface area contributed by atoms with E-state index >= 15 is 0 Å². The second kappa shape index (κ2) is 4.84. The normalized spacial score (nSPS) is 10.2. The van der Waals surface area contributed by atoms with Gasteiger partial charge in [-0.15, -0.1) is 0 Å². The number of hydrogen-bond donors (Lipinski definition) is 1. The number of rotatable bonds is 3. The van der Waals surface area contributed by atoms with Crippen LogP contribution in [0.3, 0.4) is 0 Å². The zero-order chi connectivity index (χ0) is 9.84. The number of ether oxygens (including phenoxy) is 1. The molecular weight excluding hydrogens is 253 g/mol. The fourth-order valence-corrected chi connectivity index (χ4v) is 2.12. The van der Waals surface area contributed by atoms with Crippen LogP contribution in [0.5, 0.6) is 5.75 Å². The fraction of sp³-hybridized carbons (Fsp3) is 0.333. The summed E-state index contributed by atoms with van der Waals surface area (Å²) in [4.78, 5) is 0. The Morgan fingerprint density at radius 1 is 1.54 bits per heavy atom. The highest BCUT2D eigenvalue weighted by molar-refractivity contribution is 9.10. The molecule has 0 aromatic heterocycles. The van der Waals surface area contributed by atoms with E-state index in [0.29, 0.717) is 5.02 Å². The minimum Gasteiger partial charge on any atom is -0.495 e. The summed E-state index contributed by atoms with van der Waals surface area (Å²) in [5, 5.41) is 3.68. The zero-order valence-corrected chi connectivity index (χ0v) is 9.87. The van der Waals surface area contributed by atoms with E-state index in [1.54, 1.807) is 7.11 Å². The average Bonchev–Trinajstić information content (AvgIpc) is 2.04. The molecule has 1 aromatic carbocycles. The van der Waals surface area contributed by atoms with Crippen molar-refractivity contribution in [3.63, 3.8) is 0 Å². The van der Waals surface area contributed by atoms with Crippen molar-refractivity contribution in [2.24, 2.45) is 0 Å². The van der Waals surface area contributed by atoms with Gasteiger partial charge in [0.25, 0.3) is 0 Å². The fourth-order valence-electron chi connectivity index (χ4n) is 1.16. The first-order valence-corrected chi connectivity index (χ1v) is 5.02. The van der Waals surface area contributed by atoms with E-state index < -0.39 is 0 Å². The van der Waals surface area contributed by atoms with Crippen LogP contribution in [0, 0.1) is 0 Å². The maximum Gasteiger partial charge on any atom is 0.142 e. The largest absolute Gasteiger partial charge is 0.495 e. The first kappa shape index (κ1) is 10.8. The molecule has 0 spiro atoms. The molecule has 0 aliphatic carbocycles. The van der Waals surface area contributed by atoms with Crippen LogP contribution >= 0.6 is 27.5 Å². The van der Waals surface area contributed by atoms with Crippen LogP contribution in [0.25, 0.3) is 0 Å². The summed E-state index contributed by atoms with van der Waals surface area (Å²) in [7, 11) is 3.50. The Labute approximate surface area is 91.4 Å². The van der Waals surface area contributed by atoms with Crippen LogP contribution < -0.4 is 10.1 Å². The molecule has 0 heterocycles. The van der Waals surface area contributed by atoms with Gasteiger partial charge in [-0.3, -0.25) is 0 Å². The third kappa shape index (κ3) is 2.59. The summed E-state index contributed by atoms with van der Waals surface area (Å²) in [6, 6.07) is 3.81. The quantitative estimate of drug-likeness (QED) is 0.906. The molecule has 0 saturated heterocycles. The molecule has 0 aliphatic heterocycles. The van der Waals surface area contributed by atoms with Gasteiger partial charge in [-0.25, -0.2) is 0 Å². The van der Waals surface area contributed by atoms with E-state index in [2.05, 4.69) is 21.2 Å². The lowest BCUT2D eigenvalue weighted by molar-refractivity contribution is 0.408. The van der Waals surface area contributed by atoms with Gasteiger partial charge in [0.05, 0.1) is 12.1 Å². The number of benzene rings is 1. The number of halogens is 2. The van der Waals surface area contributed by atoms with Gasteiger partial charge < -0.3 is 10.1 Å². The molecule has 1 aromatic rings. The molecule has 0 aliphatic rings. The van der Waals surface area contributed by atoms with Crippen LogP contribution in [-0.4, -0.2) is 14.2 Å². The maximum atomic E-state index is 5.99. The molecular formula is C9H11BrClNO. The molecule has 72 valence electrons. The lowest BCUT2D eigenvalue weighted by Gasteiger charge is -2.10. The van der Waals surface area contributed by atoms with Crippen molar-refractivity contribution >= 4 is 27.5 Å². The van der Waals surface area contributed by atoms with Crippen molar-refractivity contribution < 1.29 is 4.74 Å². The highest BCUT2D eigenvalue weighted by atomic mass is 79.9. The van der Waals surface area contributed by atoms with Crippen LogP contribution in [0.4, 0.5) is 0 Å². The van der Waals surface area contributed by atoms with E-state index in [1.807, 2.05) is 19.2 Å². The molecule has 0 amide bonds. The summed E-state index contributed by atoms with van der Waals surface area (Å²) in [5.74, 6) is 0.735. The predicted octanol–water partition coefficient (Wildman–Crippen LogP) is 2.83. The lowest BCUT2D eigenvalue weighted by atomic mass is 10.2. The molecule has 0 unspecified atom stereocenters. The molecule has 1 N–H and O–H groups in total. The standard InChI is InChI=1S/C9H11BrClNO/c1-12-5-6-3-7(10)4-8(11)9(6)13-2/h3-4,12H,5H2,1-2H3.